The fourth-order valence-electron chi connectivity index (χ4n) is 3.63. The summed E-state index contributed by atoms with van der Waals surface area (Å²) in [6.45, 7) is 6.16. The first-order chi connectivity index (χ1) is 13.6. The van der Waals surface area contributed by atoms with Crippen molar-refractivity contribution in [1.82, 2.24) is 15.2 Å². The number of carbonyl (C=O) groups excluding carboxylic acids is 1. The van der Waals surface area contributed by atoms with Crippen LogP contribution >= 0.6 is 11.8 Å². The third-order valence-corrected chi connectivity index (χ3v) is 6.12. The van der Waals surface area contributed by atoms with Gasteiger partial charge in [0.1, 0.15) is 0 Å². The summed E-state index contributed by atoms with van der Waals surface area (Å²) in [4.78, 5) is 19.6. The maximum Gasteiger partial charge on any atom is 0.240 e. The summed E-state index contributed by atoms with van der Waals surface area (Å²) in [5.41, 5.74) is 4.55. The molecule has 4 rings (SSSR count). The fraction of sp³-hybridized carbons (Fsp3) is 0.318. The van der Waals surface area contributed by atoms with E-state index < -0.39 is 0 Å². The largest absolute Gasteiger partial charge is 0.308 e. The monoisotopic (exact) mass is 392 g/mol. The number of rotatable bonds is 5. The van der Waals surface area contributed by atoms with Crippen LogP contribution in [0, 0.1) is 0 Å². The van der Waals surface area contributed by atoms with E-state index in [1.54, 1.807) is 0 Å². The summed E-state index contributed by atoms with van der Waals surface area (Å²) < 4.78 is 0. The zero-order valence-electron chi connectivity index (χ0n) is 16.3. The Kier molecular flexibility index (Phi) is 5.22. The van der Waals surface area contributed by atoms with Crippen LogP contribution in [0.2, 0.25) is 0 Å². The first kappa shape index (κ1) is 18.7. The van der Waals surface area contributed by atoms with E-state index in [1.807, 2.05) is 42.2 Å². The lowest BCUT2D eigenvalue weighted by Gasteiger charge is -2.25. The van der Waals surface area contributed by atoms with Crippen molar-refractivity contribution in [3.05, 3.63) is 59.7 Å². The number of amides is 1. The lowest BCUT2D eigenvalue weighted by atomic mass is 10.1. The Labute approximate surface area is 169 Å². The minimum absolute atomic E-state index is 0.0982. The Hall–Kier alpha value is -2.60. The second kappa shape index (κ2) is 7.80. The Morgan fingerprint density at radius 1 is 1.25 bits per heavy atom. The molecule has 6 heteroatoms. The number of anilines is 1. The van der Waals surface area contributed by atoms with Gasteiger partial charge < -0.3 is 4.90 Å². The van der Waals surface area contributed by atoms with Crippen LogP contribution in [-0.2, 0) is 17.6 Å². The van der Waals surface area contributed by atoms with Gasteiger partial charge in [-0.05, 0) is 43.9 Å². The normalized spacial score (nSPS) is 16.8. The Balaban J connectivity index is 1.47. The van der Waals surface area contributed by atoms with Crippen molar-refractivity contribution in [2.75, 3.05) is 4.90 Å². The predicted molar refractivity (Wildman–Crippen MR) is 114 cm³/mol. The second-order valence-electron chi connectivity index (χ2n) is 7.17. The first-order valence-corrected chi connectivity index (χ1v) is 10.5. The SMILES string of the molecule is CCc1ccc(-c2nc(S[C@@H](C)C(=O)N3c4ccccc4C[C@H]3C)n[nH]2)cc1. The van der Waals surface area contributed by atoms with Crippen LogP contribution in [-0.4, -0.2) is 32.4 Å². The second-order valence-corrected chi connectivity index (χ2v) is 8.48. The Morgan fingerprint density at radius 2 is 2.00 bits per heavy atom. The molecule has 1 aliphatic rings. The highest BCUT2D eigenvalue weighted by molar-refractivity contribution is 8.00. The Morgan fingerprint density at radius 3 is 2.75 bits per heavy atom. The molecule has 1 aromatic heterocycles. The fourth-order valence-corrected chi connectivity index (χ4v) is 4.41. The molecule has 0 saturated carbocycles. The number of fused-ring (bicyclic) bond motifs is 1. The van der Waals surface area contributed by atoms with E-state index in [9.17, 15) is 4.79 Å². The van der Waals surface area contributed by atoms with Crippen molar-refractivity contribution in [3.8, 4) is 11.4 Å². The number of para-hydroxylation sites is 1. The average molecular weight is 393 g/mol. The lowest BCUT2D eigenvalue weighted by Crippen LogP contribution is -2.40. The summed E-state index contributed by atoms with van der Waals surface area (Å²) in [6, 6.07) is 16.6. The molecule has 1 amide bonds. The minimum Gasteiger partial charge on any atom is -0.308 e. The molecule has 0 bridgehead atoms. The van der Waals surface area contributed by atoms with Gasteiger partial charge in [-0.25, -0.2) is 4.98 Å². The van der Waals surface area contributed by atoms with Gasteiger partial charge in [-0.1, -0.05) is 61.2 Å². The summed E-state index contributed by atoms with van der Waals surface area (Å²) >= 11 is 1.39. The quantitative estimate of drug-likeness (QED) is 0.650. The van der Waals surface area contributed by atoms with Gasteiger partial charge in [-0.3, -0.25) is 9.89 Å². The van der Waals surface area contributed by atoms with Crippen molar-refractivity contribution in [1.29, 1.82) is 0 Å². The number of aromatic nitrogens is 3. The number of carbonyl (C=O) groups is 1. The van der Waals surface area contributed by atoms with E-state index in [0.717, 1.165) is 29.9 Å². The van der Waals surface area contributed by atoms with E-state index in [2.05, 4.69) is 47.2 Å². The van der Waals surface area contributed by atoms with Gasteiger partial charge in [-0.15, -0.1) is 5.10 Å². The molecule has 5 nitrogen and oxygen atoms in total. The van der Waals surface area contributed by atoms with Gasteiger partial charge in [0.2, 0.25) is 11.1 Å². The van der Waals surface area contributed by atoms with Crippen LogP contribution in [0.5, 0.6) is 0 Å². The molecule has 0 fully saturated rings. The van der Waals surface area contributed by atoms with Crippen LogP contribution in [0.15, 0.2) is 53.7 Å². The number of nitrogens with zero attached hydrogens (tertiary/aromatic N) is 3. The minimum atomic E-state index is -0.264. The number of hydrogen-bond donors (Lipinski definition) is 1. The highest BCUT2D eigenvalue weighted by Gasteiger charge is 2.33. The average Bonchev–Trinajstić information content (AvgIpc) is 3.31. The predicted octanol–water partition coefficient (Wildman–Crippen LogP) is 4.49. The molecule has 1 aliphatic heterocycles. The third-order valence-electron chi connectivity index (χ3n) is 5.18. The van der Waals surface area contributed by atoms with Crippen molar-refractivity contribution < 1.29 is 4.79 Å². The molecular weight excluding hydrogens is 368 g/mol. The summed E-state index contributed by atoms with van der Waals surface area (Å²) in [5, 5.41) is 7.62. The molecule has 0 spiro atoms. The van der Waals surface area contributed by atoms with E-state index in [0.29, 0.717) is 5.16 Å². The zero-order chi connectivity index (χ0) is 19.7. The number of nitrogens with one attached hydrogen (secondary N) is 1. The molecule has 1 N–H and O–H groups in total. The van der Waals surface area contributed by atoms with Crippen LogP contribution < -0.4 is 4.90 Å². The molecule has 3 aromatic rings. The summed E-state index contributed by atoms with van der Waals surface area (Å²) in [6.07, 6.45) is 1.91. The molecule has 28 heavy (non-hydrogen) atoms. The van der Waals surface area contributed by atoms with Crippen LogP contribution in [0.1, 0.15) is 31.9 Å². The van der Waals surface area contributed by atoms with Crippen LogP contribution in [0.3, 0.4) is 0 Å². The van der Waals surface area contributed by atoms with Crippen molar-refractivity contribution in [2.45, 2.75) is 50.1 Å². The lowest BCUT2D eigenvalue weighted by molar-refractivity contribution is -0.118. The van der Waals surface area contributed by atoms with Crippen molar-refractivity contribution >= 4 is 23.4 Å². The molecule has 2 heterocycles. The maximum atomic E-state index is 13.1. The number of hydrogen-bond acceptors (Lipinski definition) is 4. The van der Waals surface area contributed by atoms with Crippen molar-refractivity contribution in [2.24, 2.45) is 0 Å². The molecule has 0 unspecified atom stereocenters. The van der Waals surface area contributed by atoms with Gasteiger partial charge in [0.25, 0.3) is 0 Å². The highest BCUT2D eigenvalue weighted by Crippen LogP contribution is 2.34. The van der Waals surface area contributed by atoms with Crippen LogP contribution in [0.4, 0.5) is 5.69 Å². The van der Waals surface area contributed by atoms with Crippen LogP contribution in [0.25, 0.3) is 11.4 Å². The maximum absolute atomic E-state index is 13.1. The van der Waals surface area contributed by atoms with E-state index in [1.165, 1.54) is 22.9 Å². The molecule has 0 aliphatic carbocycles. The molecule has 2 aromatic carbocycles. The smallest absolute Gasteiger partial charge is 0.240 e. The molecule has 2 atom stereocenters. The number of aryl methyl sites for hydroxylation is 1. The number of H-pyrrole nitrogens is 1. The van der Waals surface area contributed by atoms with Gasteiger partial charge in [-0.2, -0.15) is 0 Å². The topological polar surface area (TPSA) is 61.9 Å². The van der Waals surface area contributed by atoms with Gasteiger partial charge >= 0.3 is 0 Å². The molecule has 0 saturated heterocycles. The van der Waals surface area contributed by atoms with Crippen molar-refractivity contribution in [3.63, 3.8) is 0 Å². The van der Waals surface area contributed by atoms with Gasteiger partial charge in [0, 0.05) is 17.3 Å². The third kappa shape index (κ3) is 3.56. The molecular formula is C22H24N4OS. The first-order valence-electron chi connectivity index (χ1n) is 9.66. The van der Waals surface area contributed by atoms with E-state index in [-0.39, 0.29) is 17.2 Å². The number of aromatic amines is 1. The summed E-state index contributed by atoms with van der Waals surface area (Å²) in [5.74, 6) is 0.825. The standard InChI is InChI=1S/C22H24N4OS/c1-4-16-9-11-17(12-10-16)20-23-22(25-24-20)28-15(3)21(27)26-14(2)13-18-7-5-6-8-19(18)26/h5-12,14-15H,4,13H2,1-3H3,(H,23,24,25)/t14-,15+/m1/s1. The Bertz CT molecular complexity index is 982. The highest BCUT2D eigenvalue weighted by atomic mass is 32.2. The number of benzene rings is 2. The zero-order valence-corrected chi connectivity index (χ0v) is 17.2. The van der Waals surface area contributed by atoms with E-state index in [4.69, 9.17) is 0 Å². The number of thioether (sulfide) groups is 1. The van der Waals surface area contributed by atoms with Gasteiger partial charge in [0.15, 0.2) is 5.82 Å². The van der Waals surface area contributed by atoms with Gasteiger partial charge in [0.05, 0.1) is 5.25 Å². The molecule has 0 radical (unpaired) electrons. The summed E-state index contributed by atoms with van der Waals surface area (Å²) in [7, 11) is 0. The van der Waals surface area contributed by atoms with E-state index >= 15 is 0 Å². The molecule has 144 valence electrons.